The van der Waals surface area contributed by atoms with Gasteiger partial charge in [0.25, 0.3) is 0 Å². The average molecular weight is 254 g/mol. The summed E-state index contributed by atoms with van der Waals surface area (Å²) in [6.07, 6.45) is 0. The van der Waals surface area contributed by atoms with E-state index in [0.29, 0.717) is 12.4 Å². The highest BCUT2D eigenvalue weighted by atomic mass is 16.5. The zero-order valence-corrected chi connectivity index (χ0v) is 10.6. The summed E-state index contributed by atoms with van der Waals surface area (Å²) in [4.78, 5) is 0. The highest BCUT2D eigenvalue weighted by Crippen LogP contribution is 2.31. The minimum atomic E-state index is 0.141. The third-order valence-corrected chi connectivity index (χ3v) is 2.99. The SMILES string of the molecule is Cc1ccc(COc2cc3ccccc3cc2O)o1. The summed E-state index contributed by atoms with van der Waals surface area (Å²) in [5, 5.41) is 12.0. The Kier molecular flexibility index (Phi) is 2.88. The van der Waals surface area contributed by atoms with Gasteiger partial charge in [0, 0.05) is 0 Å². The van der Waals surface area contributed by atoms with Crippen molar-refractivity contribution < 1.29 is 14.3 Å². The Hall–Kier alpha value is -2.42. The lowest BCUT2D eigenvalue weighted by Gasteiger charge is -2.08. The predicted molar refractivity (Wildman–Crippen MR) is 73.4 cm³/mol. The van der Waals surface area contributed by atoms with Crippen LogP contribution in [0.4, 0.5) is 0 Å². The number of hydrogen-bond acceptors (Lipinski definition) is 3. The second kappa shape index (κ2) is 4.69. The molecule has 0 aliphatic carbocycles. The van der Waals surface area contributed by atoms with Gasteiger partial charge in [-0.25, -0.2) is 0 Å². The Balaban J connectivity index is 1.86. The number of hydrogen-bond donors (Lipinski definition) is 1. The number of phenolic OH excluding ortho intramolecular Hbond substituents is 1. The Bertz CT molecular complexity index is 713. The topological polar surface area (TPSA) is 42.6 Å². The van der Waals surface area contributed by atoms with Gasteiger partial charge in [-0.2, -0.15) is 0 Å². The molecule has 0 saturated heterocycles. The van der Waals surface area contributed by atoms with E-state index in [9.17, 15) is 5.11 Å². The number of furan rings is 1. The van der Waals surface area contributed by atoms with Crippen molar-refractivity contribution in [3.63, 3.8) is 0 Å². The van der Waals surface area contributed by atoms with Crippen molar-refractivity contribution in [3.05, 3.63) is 60.1 Å². The molecular formula is C16H14O3. The van der Waals surface area contributed by atoms with Gasteiger partial charge in [0.1, 0.15) is 18.1 Å². The number of rotatable bonds is 3. The van der Waals surface area contributed by atoms with E-state index in [1.807, 2.05) is 49.4 Å². The molecule has 0 spiro atoms. The van der Waals surface area contributed by atoms with Crippen LogP contribution in [0.15, 0.2) is 52.9 Å². The van der Waals surface area contributed by atoms with Gasteiger partial charge in [0.05, 0.1) is 0 Å². The number of ether oxygens (including phenoxy) is 1. The second-order valence-electron chi connectivity index (χ2n) is 4.47. The van der Waals surface area contributed by atoms with E-state index in [2.05, 4.69) is 0 Å². The minimum Gasteiger partial charge on any atom is -0.504 e. The molecule has 0 atom stereocenters. The second-order valence-corrected chi connectivity index (χ2v) is 4.47. The largest absolute Gasteiger partial charge is 0.504 e. The van der Waals surface area contributed by atoms with Crippen LogP contribution in [0.1, 0.15) is 11.5 Å². The summed E-state index contributed by atoms with van der Waals surface area (Å²) in [6.45, 7) is 2.19. The fraction of sp³-hybridized carbons (Fsp3) is 0.125. The molecule has 0 unspecified atom stereocenters. The maximum atomic E-state index is 9.94. The molecular weight excluding hydrogens is 240 g/mol. The Morgan fingerprint density at radius 1 is 1.05 bits per heavy atom. The van der Waals surface area contributed by atoms with Crippen molar-refractivity contribution in [1.82, 2.24) is 0 Å². The first-order valence-corrected chi connectivity index (χ1v) is 6.12. The number of benzene rings is 2. The first-order chi connectivity index (χ1) is 9.22. The average Bonchev–Trinajstić information content (AvgIpc) is 2.82. The monoisotopic (exact) mass is 254 g/mol. The molecule has 0 aliphatic heterocycles. The highest BCUT2D eigenvalue weighted by Gasteiger charge is 2.06. The van der Waals surface area contributed by atoms with Crippen molar-refractivity contribution in [2.75, 3.05) is 0 Å². The molecule has 0 radical (unpaired) electrons. The van der Waals surface area contributed by atoms with Gasteiger partial charge in [-0.05, 0) is 42.0 Å². The predicted octanol–water partition coefficient (Wildman–Crippen LogP) is 4.03. The maximum Gasteiger partial charge on any atom is 0.162 e. The maximum absolute atomic E-state index is 9.94. The van der Waals surface area contributed by atoms with Crippen LogP contribution in [0.2, 0.25) is 0 Å². The molecule has 0 bridgehead atoms. The fourth-order valence-electron chi connectivity index (χ4n) is 2.03. The molecule has 0 saturated carbocycles. The number of fused-ring (bicyclic) bond motifs is 1. The van der Waals surface area contributed by atoms with Gasteiger partial charge >= 0.3 is 0 Å². The summed E-state index contributed by atoms with van der Waals surface area (Å²) < 4.78 is 11.0. The molecule has 19 heavy (non-hydrogen) atoms. The van der Waals surface area contributed by atoms with Crippen molar-refractivity contribution in [2.45, 2.75) is 13.5 Å². The van der Waals surface area contributed by atoms with Crippen LogP contribution in [0, 0.1) is 6.92 Å². The Morgan fingerprint density at radius 2 is 1.79 bits per heavy atom. The summed E-state index contributed by atoms with van der Waals surface area (Å²) >= 11 is 0. The number of aryl methyl sites for hydroxylation is 1. The van der Waals surface area contributed by atoms with Crippen molar-refractivity contribution >= 4 is 10.8 Å². The summed E-state index contributed by atoms with van der Waals surface area (Å²) in [5.41, 5.74) is 0. The van der Waals surface area contributed by atoms with Crippen LogP contribution in [0.25, 0.3) is 10.8 Å². The Labute approximate surface area is 111 Å². The van der Waals surface area contributed by atoms with Gasteiger partial charge in [-0.1, -0.05) is 24.3 Å². The Morgan fingerprint density at radius 3 is 2.47 bits per heavy atom. The third-order valence-electron chi connectivity index (χ3n) is 2.99. The van der Waals surface area contributed by atoms with E-state index in [1.54, 1.807) is 6.07 Å². The van der Waals surface area contributed by atoms with E-state index < -0.39 is 0 Å². The van der Waals surface area contributed by atoms with Crippen molar-refractivity contribution in [2.24, 2.45) is 0 Å². The molecule has 3 rings (SSSR count). The molecule has 0 amide bonds. The normalized spacial score (nSPS) is 10.8. The minimum absolute atomic E-state index is 0.141. The van der Waals surface area contributed by atoms with Gasteiger partial charge < -0.3 is 14.3 Å². The summed E-state index contributed by atoms with van der Waals surface area (Å²) in [7, 11) is 0. The first kappa shape index (κ1) is 11.7. The van der Waals surface area contributed by atoms with Crippen LogP contribution in [0.3, 0.4) is 0 Å². The fourth-order valence-corrected chi connectivity index (χ4v) is 2.03. The molecule has 3 aromatic rings. The van der Waals surface area contributed by atoms with Gasteiger partial charge in [-0.15, -0.1) is 0 Å². The smallest absolute Gasteiger partial charge is 0.162 e. The zero-order valence-electron chi connectivity index (χ0n) is 10.6. The van der Waals surface area contributed by atoms with Gasteiger partial charge in [0.2, 0.25) is 0 Å². The molecule has 96 valence electrons. The first-order valence-electron chi connectivity index (χ1n) is 6.12. The van der Waals surface area contributed by atoms with Crippen LogP contribution in [-0.4, -0.2) is 5.11 Å². The lowest BCUT2D eigenvalue weighted by atomic mass is 10.1. The van der Waals surface area contributed by atoms with Crippen molar-refractivity contribution in [1.29, 1.82) is 0 Å². The van der Waals surface area contributed by atoms with Gasteiger partial charge in [-0.3, -0.25) is 0 Å². The van der Waals surface area contributed by atoms with Crippen LogP contribution >= 0.6 is 0 Å². The quantitative estimate of drug-likeness (QED) is 0.767. The van der Waals surface area contributed by atoms with Crippen LogP contribution < -0.4 is 4.74 Å². The zero-order chi connectivity index (χ0) is 13.2. The molecule has 1 N–H and O–H groups in total. The standard InChI is InChI=1S/C16H14O3/c1-11-6-7-14(19-11)10-18-16-9-13-5-3-2-4-12(13)8-15(16)17/h2-9,17H,10H2,1H3. The molecule has 0 fully saturated rings. The molecule has 3 heteroatoms. The van der Waals surface area contributed by atoms with Crippen molar-refractivity contribution in [3.8, 4) is 11.5 Å². The van der Waals surface area contributed by atoms with E-state index in [0.717, 1.165) is 22.3 Å². The lowest BCUT2D eigenvalue weighted by molar-refractivity contribution is 0.257. The van der Waals surface area contributed by atoms with Crippen LogP contribution in [-0.2, 0) is 6.61 Å². The van der Waals surface area contributed by atoms with E-state index in [-0.39, 0.29) is 5.75 Å². The van der Waals surface area contributed by atoms with E-state index in [1.165, 1.54) is 0 Å². The van der Waals surface area contributed by atoms with E-state index in [4.69, 9.17) is 9.15 Å². The molecule has 1 aromatic heterocycles. The highest BCUT2D eigenvalue weighted by molar-refractivity contribution is 5.85. The lowest BCUT2D eigenvalue weighted by Crippen LogP contribution is -1.94. The molecule has 0 aliphatic rings. The van der Waals surface area contributed by atoms with Crippen LogP contribution in [0.5, 0.6) is 11.5 Å². The molecule has 1 heterocycles. The van der Waals surface area contributed by atoms with Gasteiger partial charge in [0.15, 0.2) is 11.5 Å². The molecule has 2 aromatic carbocycles. The number of aromatic hydroxyl groups is 1. The summed E-state index contributed by atoms with van der Waals surface area (Å²) in [5.74, 6) is 2.20. The number of phenols is 1. The third kappa shape index (κ3) is 2.40. The molecule has 3 nitrogen and oxygen atoms in total. The summed E-state index contributed by atoms with van der Waals surface area (Å²) in [6, 6.07) is 15.1. The van der Waals surface area contributed by atoms with E-state index >= 15 is 0 Å².